The van der Waals surface area contributed by atoms with Crippen molar-refractivity contribution in [3.63, 3.8) is 0 Å². The standard InChI is InChI=1S/C18H34O2.C10H18O2/c1-2-3-4-5-6-7-8-9-10-11-12-13-14-15-16-17-18(19)20;1-2-3-4-5-6-7-8-9-10(11)12/h9-10H,2-8,11-17H2,1H3,(H,19,20);8-9H,2-7H2,1H3,(H,11,12)/b10-9-;. The van der Waals surface area contributed by atoms with Crippen molar-refractivity contribution >= 4 is 11.9 Å². The van der Waals surface area contributed by atoms with Gasteiger partial charge in [0.25, 0.3) is 0 Å². The van der Waals surface area contributed by atoms with Crippen LogP contribution in [0.1, 0.15) is 142 Å². The maximum Gasteiger partial charge on any atom is 0.327 e. The number of carbonyl (C=O) groups is 2. The van der Waals surface area contributed by atoms with Gasteiger partial charge in [-0.2, -0.15) is 0 Å². The van der Waals surface area contributed by atoms with Gasteiger partial charge in [-0.15, -0.1) is 0 Å². The van der Waals surface area contributed by atoms with Crippen molar-refractivity contribution < 1.29 is 19.8 Å². The number of allylic oxidation sites excluding steroid dienone is 3. The monoisotopic (exact) mass is 452 g/mol. The third-order valence-electron chi connectivity index (χ3n) is 5.39. The van der Waals surface area contributed by atoms with E-state index in [1.165, 1.54) is 102 Å². The molecule has 188 valence electrons. The minimum atomic E-state index is -0.844. The van der Waals surface area contributed by atoms with Crippen LogP contribution >= 0.6 is 0 Å². The van der Waals surface area contributed by atoms with Crippen LogP contribution in [-0.4, -0.2) is 22.2 Å². The fraction of sp³-hybridized carbons (Fsp3) is 0.786. The first-order valence-corrected chi connectivity index (χ1v) is 13.3. The van der Waals surface area contributed by atoms with Crippen LogP contribution in [0.5, 0.6) is 0 Å². The Morgan fingerprint density at radius 2 is 0.906 bits per heavy atom. The lowest BCUT2D eigenvalue weighted by Gasteiger charge is -1.99. The van der Waals surface area contributed by atoms with Gasteiger partial charge < -0.3 is 10.2 Å². The van der Waals surface area contributed by atoms with Gasteiger partial charge in [-0.1, -0.05) is 109 Å². The quantitative estimate of drug-likeness (QED) is 0.0975. The van der Waals surface area contributed by atoms with E-state index in [0.29, 0.717) is 6.42 Å². The van der Waals surface area contributed by atoms with E-state index in [1.54, 1.807) is 6.08 Å². The molecule has 0 atom stereocenters. The van der Waals surface area contributed by atoms with Gasteiger partial charge in [-0.3, -0.25) is 4.79 Å². The Balaban J connectivity index is 0. The van der Waals surface area contributed by atoms with Crippen LogP contribution in [-0.2, 0) is 9.59 Å². The van der Waals surface area contributed by atoms with Crippen LogP contribution < -0.4 is 0 Å². The lowest BCUT2D eigenvalue weighted by Crippen LogP contribution is -1.93. The lowest BCUT2D eigenvalue weighted by atomic mass is 10.1. The lowest BCUT2D eigenvalue weighted by molar-refractivity contribution is -0.137. The molecule has 0 aromatic heterocycles. The second kappa shape index (κ2) is 29.4. The largest absolute Gasteiger partial charge is 0.481 e. The van der Waals surface area contributed by atoms with E-state index in [-0.39, 0.29) is 0 Å². The average Bonchev–Trinajstić information content (AvgIpc) is 2.76. The number of carboxylic acids is 2. The average molecular weight is 453 g/mol. The summed E-state index contributed by atoms with van der Waals surface area (Å²) in [5.74, 6) is -1.51. The maximum atomic E-state index is 10.3. The highest BCUT2D eigenvalue weighted by Crippen LogP contribution is 2.10. The van der Waals surface area contributed by atoms with Crippen LogP contribution in [0.3, 0.4) is 0 Å². The SMILES string of the molecule is CCCCCCCC/C=C\CCCCCCCC(=O)O.CCCCCCCC=CC(=O)O. The molecule has 0 radical (unpaired) electrons. The van der Waals surface area contributed by atoms with Gasteiger partial charge in [0, 0.05) is 12.5 Å². The first-order chi connectivity index (χ1) is 15.5. The Hall–Kier alpha value is -1.58. The van der Waals surface area contributed by atoms with E-state index < -0.39 is 11.9 Å². The summed E-state index contributed by atoms with van der Waals surface area (Å²) in [6.07, 6.45) is 31.3. The summed E-state index contributed by atoms with van der Waals surface area (Å²) < 4.78 is 0. The topological polar surface area (TPSA) is 74.6 Å². The number of hydrogen-bond acceptors (Lipinski definition) is 2. The van der Waals surface area contributed by atoms with Gasteiger partial charge in [-0.25, -0.2) is 4.79 Å². The fourth-order valence-corrected chi connectivity index (χ4v) is 3.40. The zero-order chi connectivity index (χ0) is 24.1. The molecule has 0 saturated heterocycles. The minimum absolute atomic E-state index is 0.332. The number of carboxylic acid groups (broad SMARTS) is 2. The first-order valence-electron chi connectivity index (χ1n) is 13.3. The molecule has 4 nitrogen and oxygen atoms in total. The first kappa shape index (κ1) is 32.6. The Morgan fingerprint density at radius 3 is 1.31 bits per heavy atom. The van der Waals surface area contributed by atoms with E-state index in [4.69, 9.17) is 10.2 Å². The molecule has 0 aliphatic carbocycles. The molecule has 0 aliphatic heterocycles. The number of aliphatic carboxylic acids is 2. The van der Waals surface area contributed by atoms with Crippen molar-refractivity contribution in [1.82, 2.24) is 0 Å². The predicted molar refractivity (Wildman–Crippen MR) is 137 cm³/mol. The van der Waals surface area contributed by atoms with Crippen molar-refractivity contribution in [3.8, 4) is 0 Å². The minimum Gasteiger partial charge on any atom is -0.481 e. The highest BCUT2D eigenvalue weighted by atomic mass is 16.4. The normalized spacial score (nSPS) is 11.1. The highest BCUT2D eigenvalue weighted by Gasteiger charge is 1.96. The van der Waals surface area contributed by atoms with Gasteiger partial charge in [0.15, 0.2) is 0 Å². The van der Waals surface area contributed by atoms with Crippen molar-refractivity contribution in [1.29, 1.82) is 0 Å². The van der Waals surface area contributed by atoms with E-state index in [0.717, 1.165) is 25.7 Å². The molecule has 32 heavy (non-hydrogen) atoms. The van der Waals surface area contributed by atoms with Crippen LogP contribution in [0.15, 0.2) is 24.3 Å². The molecular weight excluding hydrogens is 400 g/mol. The summed E-state index contributed by atoms with van der Waals surface area (Å²) in [5.41, 5.74) is 0. The molecule has 0 heterocycles. The summed E-state index contributed by atoms with van der Waals surface area (Å²) in [7, 11) is 0. The summed E-state index contributed by atoms with van der Waals surface area (Å²) in [5, 5.41) is 16.8. The van der Waals surface area contributed by atoms with E-state index in [2.05, 4.69) is 26.0 Å². The smallest absolute Gasteiger partial charge is 0.327 e. The van der Waals surface area contributed by atoms with E-state index >= 15 is 0 Å². The molecule has 0 bridgehead atoms. The van der Waals surface area contributed by atoms with Crippen molar-refractivity contribution in [2.24, 2.45) is 0 Å². The molecule has 0 amide bonds. The number of unbranched alkanes of at least 4 members (excludes halogenated alkanes) is 16. The Labute approximate surface area is 198 Å². The third-order valence-corrected chi connectivity index (χ3v) is 5.39. The summed E-state index contributed by atoms with van der Waals surface area (Å²) in [6, 6.07) is 0. The van der Waals surface area contributed by atoms with Gasteiger partial charge >= 0.3 is 11.9 Å². The fourth-order valence-electron chi connectivity index (χ4n) is 3.40. The van der Waals surface area contributed by atoms with Crippen LogP contribution in [0.4, 0.5) is 0 Å². The van der Waals surface area contributed by atoms with Crippen molar-refractivity contribution in [3.05, 3.63) is 24.3 Å². The van der Waals surface area contributed by atoms with Gasteiger partial charge in [-0.05, 0) is 44.9 Å². The van der Waals surface area contributed by atoms with Crippen LogP contribution in [0.2, 0.25) is 0 Å². The summed E-state index contributed by atoms with van der Waals surface area (Å²) in [4.78, 5) is 20.4. The maximum absolute atomic E-state index is 10.3. The van der Waals surface area contributed by atoms with E-state index in [1.807, 2.05) is 0 Å². The molecule has 0 aromatic rings. The van der Waals surface area contributed by atoms with Crippen LogP contribution in [0, 0.1) is 0 Å². The van der Waals surface area contributed by atoms with Crippen molar-refractivity contribution in [2.75, 3.05) is 0 Å². The van der Waals surface area contributed by atoms with Gasteiger partial charge in [0.1, 0.15) is 0 Å². The molecule has 0 rings (SSSR count). The highest BCUT2D eigenvalue weighted by molar-refractivity contribution is 5.79. The van der Waals surface area contributed by atoms with Crippen LogP contribution in [0.25, 0.3) is 0 Å². The predicted octanol–water partition coefficient (Wildman–Crippen LogP) is 9.10. The molecule has 0 fully saturated rings. The molecular formula is C28H52O4. The molecule has 0 unspecified atom stereocenters. The van der Waals surface area contributed by atoms with Gasteiger partial charge in [0.2, 0.25) is 0 Å². The van der Waals surface area contributed by atoms with Gasteiger partial charge in [0.05, 0.1) is 0 Å². The van der Waals surface area contributed by atoms with Crippen molar-refractivity contribution in [2.45, 2.75) is 142 Å². The molecule has 0 aromatic carbocycles. The number of rotatable bonds is 22. The zero-order valence-electron chi connectivity index (χ0n) is 21.2. The summed E-state index contributed by atoms with van der Waals surface area (Å²) in [6.45, 7) is 4.44. The number of hydrogen-bond donors (Lipinski definition) is 2. The second-order valence-corrected chi connectivity index (χ2v) is 8.67. The Bertz CT molecular complexity index is 454. The zero-order valence-corrected chi connectivity index (χ0v) is 21.2. The Kier molecular flexibility index (Phi) is 30.0. The Morgan fingerprint density at radius 1 is 0.531 bits per heavy atom. The molecule has 0 saturated carbocycles. The third kappa shape index (κ3) is 35.8. The molecule has 2 N–H and O–H groups in total. The molecule has 0 spiro atoms. The van der Waals surface area contributed by atoms with E-state index in [9.17, 15) is 9.59 Å². The molecule has 0 aliphatic rings. The molecule has 4 heteroatoms. The second-order valence-electron chi connectivity index (χ2n) is 8.67. The summed E-state index contributed by atoms with van der Waals surface area (Å²) >= 11 is 0.